The number of aromatic amines is 1. The number of H-pyrrole nitrogens is 1. The largest absolute Gasteiger partial charge is 0.356 e. The van der Waals surface area contributed by atoms with Crippen molar-refractivity contribution in [2.24, 2.45) is 0 Å². The Morgan fingerprint density at radius 1 is 1.28 bits per heavy atom. The highest BCUT2D eigenvalue weighted by atomic mass is 16.2. The number of hydrogen-bond donors (Lipinski definition) is 1. The first-order chi connectivity index (χ1) is 11.9. The summed E-state index contributed by atoms with van der Waals surface area (Å²) in [4.78, 5) is 33.2. The number of piperazine rings is 1. The first-order valence-electron chi connectivity index (χ1n) is 9.09. The highest BCUT2D eigenvalue weighted by molar-refractivity contribution is 5.97. The lowest BCUT2D eigenvalue weighted by molar-refractivity contribution is -0.165. The van der Waals surface area contributed by atoms with Gasteiger partial charge in [-0.1, -0.05) is 25.1 Å². The number of carbonyl (C=O) groups excluding carboxylic acids is 2. The van der Waals surface area contributed by atoms with E-state index < -0.39 is 11.6 Å². The summed E-state index contributed by atoms with van der Waals surface area (Å²) in [6.45, 7) is 8.33. The lowest BCUT2D eigenvalue weighted by atomic mass is 9.82. The Morgan fingerprint density at radius 3 is 2.72 bits per heavy atom. The third-order valence-corrected chi connectivity index (χ3v) is 6.00. The van der Waals surface area contributed by atoms with Crippen molar-refractivity contribution in [3.8, 4) is 0 Å². The van der Waals surface area contributed by atoms with E-state index in [1.807, 2.05) is 37.8 Å². The number of rotatable bonds is 2. The number of para-hydroxylation sites is 1. The van der Waals surface area contributed by atoms with Gasteiger partial charge in [-0.3, -0.25) is 9.59 Å². The molecule has 2 atom stereocenters. The van der Waals surface area contributed by atoms with Crippen molar-refractivity contribution in [3.05, 3.63) is 35.5 Å². The van der Waals surface area contributed by atoms with Gasteiger partial charge < -0.3 is 14.8 Å². The second-order valence-electron chi connectivity index (χ2n) is 7.79. The lowest BCUT2D eigenvalue weighted by Gasteiger charge is -2.52. The van der Waals surface area contributed by atoms with Crippen molar-refractivity contribution in [3.63, 3.8) is 0 Å². The number of hydrogen-bond acceptors (Lipinski definition) is 2. The van der Waals surface area contributed by atoms with Gasteiger partial charge in [-0.2, -0.15) is 0 Å². The van der Waals surface area contributed by atoms with Crippen LogP contribution in [0.3, 0.4) is 0 Å². The summed E-state index contributed by atoms with van der Waals surface area (Å²) in [5, 5.41) is 1.16. The zero-order chi connectivity index (χ0) is 17.9. The third-order valence-electron chi connectivity index (χ3n) is 6.00. The molecule has 2 aliphatic rings. The second-order valence-corrected chi connectivity index (χ2v) is 7.79. The average molecular weight is 339 g/mol. The normalized spacial score (nSPS) is 23.6. The van der Waals surface area contributed by atoms with Gasteiger partial charge in [0.2, 0.25) is 11.8 Å². The minimum atomic E-state index is -0.522. The number of nitrogens with zero attached hydrogens (tertiary/aromatic N) is 2. The molecule has 0 bridgehead atoms. The molecule has 4 rings (SSSR count). The quantitative estimate of drug-likeness (QED) is 0.915. The van der Waals surface area contributed by atoms with Crippen LogP contribution < -0.4 is 0 Å². The molecule has 0 unspecified atom stereocenters. The van der Waals surface area contributed by atoms with E-state index in [9.17, 15) is 9.59 Å². The molecule has 5 nitrogen and oxygen atoms in total. The number of carbonyl (C=O) groups is 2. The van der Waals surface area contributed by atoms with Crippen LogP contribution in [0.25, 0.3) is 10.9 Å². The van der Waals surface area contributed by atoms with Gasteiger partial charge in [0.25, 0.3) is 0 Å². The molecule has 1 aromatic heterocycles. The molecule has 1 saturated heterocycles. The van der Waals surface area contributed by atoms with Gasteiger partial charge in [-0.25, -0.2) is 0 Å². The van der Waals surface area contributed by atoms with Crippen molar-refractivity contribution in [1.29, 1.82) is 0 Å². The molecule has 25 heavy (non-hydrogen) atoms. The monoisotopic (exact) mass is 339 g/mol. The smallest absolute Gasteiger partial charge is 0.246 e. The molecule has 2 aliphatic heterocycles. The summed E-state index contributed by atoms with van der Waals surface area (Å²) in [5.74, 6) is 0.122. The first-order valence-corrected chi connectivity index (χ1v) is 9.09. The molecule has 1 fully saturated rings. The van der Waals surface area contributed by atoms with Gasteiger partial charge >= 0.3 is 0 Å². The molecule has 0 saturated carbocycles. The van der Waals surface area contributed by atoms with Crippen molar-refractivity contribution in [2.75, 3.05) is 6.54 Å². The molecule has 132 valence electrons. The van der Waals surface area contributed by atoms with Crippen molar-refractivity contribution < 1.29 is 9.59 Å². The predicted molar refractivity (Wildman–Crippen MR) is 97.1 cm³/mol. The van der Waals surface area contributed by atoms with Crippen molar-refractivity contribution in [1.82, 2.24) is 14.8 Å². The second kappa shape index (κ2) is 5.35. The van der Waals surface area contributed by atoms with E-state index in [0.717, 1.165) is 23.0 Å². The fraction of sp³-hybridized carbons (Fsp3) is 0.500. The number of amides is 2. The van der Waals surface area contributed by atoms with E-state index in [-0.39, 0.29) is 24.4 Å². The molecule has 5 heteroatoms. The summed E-state index contributed by atoms with van der Waals surface area (Å²) in [5.41, 5.74) is 2.78. The van der Waals surface area contributed by atoms with Gasteiger partial charge in [0.1, 0.15) is 12.6 Å². The molecule has 0 radical (unpaired) electrons. The highest BCUT2D eigenvalue weighted by Crippen LogP contribution is 2.42. The minimum Gasteiger partial charge on any atom is -0.356 e. The van der Waals surface area contributed by atoms with Crippen molar-refractivity contribution in [2.45, 2.75) is 58.2 Å². The zero-order valence-electron chi connectivity index (χ0n) is 15.3. The molecule has 3 heterocycles. The van der Waals surface area contributed by atoms with E-state index in [1.54, 1.807) is 4.90 Å². The maximum Gasteiger partial charge on any atom is 0.246 e. The average Bonchev–Trinajstić information content (AvgIpc) is 2.97. The maximum absolute atomic E-state index is 13.2. The van der Waals surface area contributed by atoms with Crippen LogP contribution in [0.1, 0.15) is 45.4 Å². The van der Waals surface area contributed by atoms with Crippen LogP contribution in [0.2, 0.25) is 0 Å². The van der Waals surface area contributed by atoms with Crippen LogP contribution >= 0.6 is 0 Å². The topological polar surface area (TPSA) is 56.4 Å². The molecule has 1 N–H and O–H groups in total. The SMILES string of the molecule is CC[C@H](C)N1CC(=O)N2[C@@H](Cc3c([nH]c4ccccc34)C2(C)C)C1=O. The Balaban J connectivity index is 1.86. The Bertz CT molecular complexity index is 867. The fourth-order valence-electron chi connectivity index (χ4n) is 4.50. The van der Waals surface area contributed by atoms with Crippen LogP contribution in [0, 0.1) is 0 Å². The summed E-state index contributed by atoms with van der Waals surface area (Å²) >= 11 is 0. The molecular weight excluding hydrogens is 314 g/mol. The summed E-state index contributed by atoms with van der Waals surface area (Å²) < 4.78 is 0. The Morgan fingerprint density at radius 2 is 2.00 bits per heavy atom. The number of benzene rings is 1. The van der Waals surface area contributed by atoms with Gasteiger partial charge in [0, 0.05) is 29.1 Å². The van der Waals surface area contributed by atoms with E-state index in [2.05, 4.69) is 24.0 Å². The number of aromatic nitrogens is 1. The van der Waals surface area contributed by atoms with E-state index in [0.29, 0.717) is 6.42 Å². The number of fused-ring (bicyclic) bond motifs is 4. The van der Waals surface area contributed by atoms with Gasteiger partial charge in [-0.05, 0) is 38.8 Å². The molecule has 2 amide bonds. The molecule has 0 aliphatic carbocycles. The number of nitrogens with one attached hydrogen (secondary N) is 1. The van der Waals surface area contributed by atoms with Gasteiger partial charge in [0.15, 0.2) is 0 Å². The van der Waals surface area contributed by atoms with Crippen molar-refractivity contribution >= 4 is 22.7 Å². The van der Waals surface area contributed by atoms with Crippen LogP contribution in [0.5, 0.6) is 0 Å². The maximum atomic E-state index is 13.2. The molecule has 1 aromatic carbocycles. The summed E-state index contributed by atoms with van der Waals surface area (Å²) in [6, 6.07) is 7.86. The Kier molecular flexibility index (Phi) is 3.46. The third kappa shape index (κ3) is 2.14. The van der Waals surface area contributed by atoms with Gasteiger partial charge in [0.05, 0.1) is 5.54 Å². The molecule has 2 aromatic rings. The van der Waals surface area contributed by atoms with Crippen LogP contribution in [0.15, 0.2) is 24.3 Å². The molecule has 0 spiro atoms. The standard InChI is InChI=1S/C20H25N3O2/c1-5-12(2)22-11-17(24)23-16(19(22)25)10-14-13-8-6-7-9-15(13)21-18(14)20(23,3)4/h6-9,12,16,21H,5,10-11H2,1-4H3/t12-,16-/m0/s1. The van der Waals surface area contributed by atoms with Crippen LogP contribution in [0.4, 0.5) is 0 Å². The Hall–Kier alpha value is -2.30. The van der Waals surface area contributed by atoms with E-state index in [1.165, 1.54) is 5.56 Å². The summed E-state index contributed by atoms with van der Waals surface area (Å²) in [6.07, 6.45) is 1.44. The molecular formula is C20H25N3O2. The van der Waals surface area contributed by atoms with E-state index >= 15 is 0 Å². The lowest BCUT2D eigenvalue weighted by Crippen LogP contribution is -2.68. The van der Waals surface area contributed by atoms with Crippen LogP contribution in [-0.2, 0) is 21.5 Å². The zero-order valence-corrected chi connectivity index (χ0v) is 15.3. The van der Waals surface area contributed by atoms with E-state index in [4.69, 9.17) is 0 Å². The van der Waals surface area contributed by atoms with Gasteiger partial charge in [-0.15, -0.1) is 0 Å². The predicted octanol–water partition coefficient (Wildman–Crippen LogP) is 2.80. The van der Waals surface area contributed by atoms with Crippen LogP contribution in [-0.4, -0.2) is 45.2 Å². The highest BCUT2D eigenvalue weighted by Gasteiger charge is 2.51. The summed E-state index contributed by atoms with van der Waals surface area (Å²) in [7, 11) is 0. The fourth-order valence-corrected chi connectivity index (χ4v) is 4.50. The minimum absolute atomic E-state index is 0.0409. The Labute approximate surface area is 148 Å². The first kappa shape index (κ1) is 16.2.